The van der Waals surface area contributed by atoms with Gasteiger partial charge in [-0.05, 0) is 40.1 Å². The van der Waals surface area contributed by atoms with Crippen LogP contribution in [0.3, 0.4) is 0 Å². The maximum Gasteiger partial charge on any atom is 0.269 e. The van der Waals surface area contributed by atoms with Gasteiger partial charge >= 0.3 is 0 Å². The number of fused-ring (bicyclic) bond motifs is 2. The summed E-state index contributed by atoms with van der Waals surface area (Å²) in [5, 5.41) is 3.35. The molecule has 1 N–H and O–H groups in total. The van der Waals surface area contributed by atoms with Crippen LogP contribution < -0.4 is 10.9 Å². The lowest BCUT2D eigenvalue weighted by molar-refractivity contribution is 0.630. The molecule has 0 bridgehead atoms. The van der Waals surface area contributed by atoms with Crippen LogP contribution in [-0.2, 0) is 0 Å². The molecule has 2 unspecified atom stereocenters. The van der Waals surface area contributed by atoms with E-state index in [2.05, 4.69) is 29.7 Å². The third kappa shape index (κ3) is 3.31. The molecule has 5 aromatic rings. The number of aromatic nitrogens is 6. The Kier molecular flexibility index (Phi) is 5.11. The second-order valence-corrected chi connectivity index (χ2v) is 7.79. The molecule has 5 rings (SSSR count). The van der Waals surface area contributed by atoms with Crippen molar-refractivity contribution >= 4 is 37.3 Å². The van der Waals surface area contributed by atoms with Crippen LogP contribution in [-0.4, -0.2) is 28.8 Å². The molecule has 2 atom stereocenters. The first-order chi connectivity index (χ1) is 15.6. The molecule has 160 valence electrons. The maximum absolute atomic E-state index is 14.6. The summed E-state index contributed by atoms with van der Waals surface area (Å²) in [6.45, 7) is 1.98. The smallest absolute Gasteiger partial charge is 0.269 e. The van der Waals surface area contributed by atoms with Crippen LogP contribution >= 0.6 is 9.39 Å². The Balaban J connectivity index is 1.74. The maximum atomic E-state index is 14.6. The van der Waals surface area contributed by atoms with Crippen molar-refractivity contribution < 1.29 is 4.39 Å². The van der Waals surface area contributed by atoms with Gasteiger partial charge in [-0.1, -0.05) is 31.2 Å². The van der Waals surface area contributed by atoms with Gasteiger partial charge in [0, 0.05) is 0 Å². The van der Waals surface area contributed by atoms with Crippen LogP contribution in [0.1, 0.15) is 25.2 Å². The van der Waals surface area contributed by atoms with E-state index < -0.39 is 17.4 Å². The van der Waals surface area contributed by atoms with E-state index in [9.17, 15) is 9.18 Å². The molecule has 0 aliphatic heterocycles. The highest BCUT2D eigenvalue weighted by atomic mass is 31.0. The molecule has 8 nitrogen and oxygen atoms in total. The number of halogens is 1. The zero-order valence-electron chi connectivity index (χ0n) is 17.1. The van der Waals surface area contributed by atoms with Crippen molar-refractivity contribution in [2.24, 2.45) is 0 Å². The Hall–Kier alpha value is -3.71. The van der Waals surface area contributed by atoms with E-state index in [1.165, 1.54) is 17.0 Å². The van der Waals surface area contributed by atoms with E-state index in [1.807, 2.05) is 25.1 Å². The second-order valence-electron chi connectivity index (χ2n) is 7.23. The third-order valence-electron chi connectivity index (χ3n) is 5.28. The van der Waals surface area contributed by atoms with E-state index in [4.69, 9.17) is 4.98 Å². The molecular formula is C22H19FN7OP. The minimum Gasteiger partial charge on any atom is -0.358 e. The summed E-state index contributed by atoms with van der Waals surface area (Å²) in [6.07, 6.45) is 3.66. The number of anilines is 1. The molecule has 10 heteroatoms. The minimum atomic E-state index is -0.596. The number of rotatable bonds is 5. The monoisotopic (exact) mass is 447 g/mol. The first kappa shape index (κ1) is 20.2. The molecule has 0 saturated carbocycles. The fourth-order valence-electron chi connectivity index (χ4n) is 3.76. The van der Waals surface area contributed by atoms with Crippen molar-refractivity contribution in [3.63, 3.8) is 0 Å². The van der Waals surface area contributed by atoms with Gasteiger partial charge in [-0.2, -0.15) is 0 Å². The van der Waals surface area contributed by atoms with E-state index in [0.717, 1.165) is 0 Å². The summed E-state index contributed by atoms with van der Waals surface area (Å²) in [6, 6.07) is 13.2. The van der Waals surface area contributed by atoms with E-state index in [-0.39, 0.29) is 5.39 Å². The molecule has 0 spiro atoms. The van der Waals surface area contributed by atoms with Crippen LogP contribution in [0.25, 0.3) is 27.8 Å². The topological polar surface area (TPSA) is 90.5 Å². The van der Waals surface area contributed by atoms with Gasteiger partial charge < -0.3 is 9.65 Å². The molecule has 0 aliphatic rings. The van der Waals surface area contributed by atoms with Crippen molar-refractivity contribution in [1.29, 1.82) is 0 Å². The van der Waals surface area contributed by atoms with E-state index in [1.54, 1.807) is 34.9 Å². The van der Waals surface area contributed by atoms with Crippen LogP contribution in [0.15, 0.2) is 66.0 Å². The minimum absolute atomic E-state index is 0.0394. The van der Waals surface area contributed by atoms with Gasteiger partial charge in [-0.3, -0.25) is 9.36 Å². The van der Waals surface area contributed by atoms with Gasteiger partial charge in [0.05, 0.1) is 17.2 Å². The summed E-state index contributed by atoms with van der Waals surface area (Å²) >= 11 is 0. The molecule has 0 amide bonds. The predicted octanol–water partition coefficient (Wildman–Crippen LogP) is 3.87. The van der Waals surface area contributed by atoms with Crippen molar-refractivity contribution in [2.45, 2.75) is 19.4 Å². The second kappa shape index (κ2) is 8.09. The van der Waals surface area contributed by atoms with Crippen molar-refractivity contribution in [1.82, 2.24) is 28.8 Å². The number of hydrogen-bond donors (Lipinski definition) is 1. The Bertz CT molecular complexity index is 1500. The fourth-order valence-corrected chi connectivity index (χ4v) is 4.07. The summed E-state index contributed by atoms with van der Waals surface area (Å²) in [4.78, 5) is 31.0. The summed E-state index contributed by atoms with van der Waals surface area (Å²) in [5.41, 5.74) is 1.70. The lowest BCUT2D eigenvalue weighted by Crippen LogP contribution is -2.28. The van der Waals surface area contributed by atoms with Gasteiger partial charge in [0.25, 0.3) is 5.56 Å². The van der Waals surface area contributed by atoms with Crippen molar-refractivity contribution in [3.05, 3.63) is 83.2 Å². The SMILES string of the molecule is CCC(Nc1ncnc2ncn(P)c12)c1nc2cccc(F)c2c(=O)n1-c1ccccc1. The number of imidazole rings is 1. The first-order valence-corrected chi connectivity index (χ1v) is 10.6. The van der Waals surface area contributed by atoms with Gasteiger partial charge in [0.2, 0.25) is 0 Å². The zero-order chi connectivity index (χ0) is 22.2. The summed E-state index contributed by atoms with van der Waals surface area (Å²) in [5.74, 6) is 0.424. The molecule has 0 fully saturated rings. The number of nitrogens with one attached hydrogen (secondary N) is 1. The quantitative estimate of drug-likeness (QED) is 0.412. The molecule has 3 aromatic heterocycles. The van der Waals surface area contributed by atoms with Crippen molar-refractivity contribution in [3.8, 4) is 5.69 Å². The van der Waals surface area contributed by atoms with Crippen LogP contribution in [0.5, 0.6) is 0 Å². The van der Waals surface area contributed by atoms with E-state index >= 15 is 0 Å². The lowest BCUT2D eigenvalue weighted by atomic mass is 10.1. The fraction of sp³-hybridized carbons (Fsp3) is 0.136. The lowest BCUT2D eigenvalue weighted by Gasteiger charge is -2.22. The van der Waals surface area contributed by atoms with Gasteiger partial charge in [-0.25, -0.2) is 24.3 Å². The number of para-hydroxylation sites is 1. The third-order valence-corrected chi connectivity index (χ3v) is 5.68. The molecular weight excluding hydrogens is 428 g/mol. The summed E-state index contributed by atoms with van der Waals surface area (Å²) in [7, 11) is 2.55. The van der Waals surface area contributed by atoms with Gasteiger partial charge in [0.15, 0.2) is 11.5 Å². The first-order valence-electron chi connectivity index (χ1n) is 10.0. The Morgan fingerprint density at radius 3 is 2.69 bits per heavy atom. The number of nitrogens with zero attached hydrogens (tertiary/aromatic N) is 6. The Morgan fingerprint density at radius 1 is 1.09 bits per heavy atom. The highest BCUT2D eigenvalue weighted by molar-refractivity contribution is 7.14. The van der Waals surface area contributed by atoms with Crippen molar-refractivity contribution in [2.75, 3.05) is 5.32 Å². The molecule has 0 saturated heterocycles. The molecule has 2 aromatic carbocycles. The van der Waals surface area contributed by atoms with Crippen LogP contribution in [0, 0.1) is 5.82 Å². The molecule has 32 heavy (non-hydrogen) atoms. The average Bonchev–Trinajstić information content (AvgIpc) is 3.19. The predicted molar refractivity (Wildman–Crippen MR) is 124 cm³/mol. The van der Waals surface area contributed by atoms with Crippen LogP contribution in [0.4, 0.5) is 10.2 Å². The summed E-state index contributed by atoms with van der Waals surface area (Å²) < 4.78 is 17.8. The van der Waals surface area contributed by atoms with Gasteiger partial charge in [-0.15, -0.1) is 0 Å². The highest BCUT2D eigenvalue weighted by Crippen LogP contribution is 2.28. The zero-order valence-corrected chi connectivity index (χ0v) is 18.3. The number of hydrogen-bond acceptors (Lipinski definition) is 6. The average molecular weight is 447 g/mol. The normalized spacial score (nSPS) is 12.3. The number of benzene rings is 2. The largest absolute Gasteiger partial charge is 0.358 e. The molecule has 3 heterocycles. The molecule has 0 aliphatic carbocycles. The van der Waals surface area contributed by atoms with E-state index in [0.29, 0.717) is 40.4 Å². The van der Waals surface area contributed by atoms with Gasteiger partial charge in [0.1, 0.15) is 35.2 Å². The van der Waals surface area contributed by atoms with Crippen LogP contribution in [0.2, 0.25) is 0 Å². The molecule has 0 radical (unpaired) electrons. The Labute approximate surface area is 184 Å². The highest BCUT2D eigenvalue weighted by Gasteiger charge is 2.23. The standard InChI is InChI=1S/C22H19FN7OP/c1-2-15(27-20-18-19(24-11-25-20)26-12-29(18)32)21-28-16-10-6-9-14(23)17(16)22(31)30(21)13-7-4-3-5-8-13/h3-12,15H,2,32H2,1H3,(H,24,25,27). The Morgan fingerprint density at radius 2 is 1.91 bits per heavy atom.